The molecule has 2 heterocycles. The van der Waals surface area contributed by atoms with E-state index in [0.717, 1.165) is 55.9 Å². The molecular formula is C25H32N4O2. The van der Waals surface area contributed by atoms with Gasteiger partial charge < -0.3 is 14.2 Å². The first kappa shape index (κ1) is 21.4. The Balaban J connectivity index is 1.43. The van der Waals surface area contributed by atoms with Gasteiger partial charge in [0.15, 0.2) is 0 Å². The van der Waals surface area contributed by atoms with E-state index < -0.39 is 0 Å². The van der Waals surface area contributed by atoms with Gasteiger partial charge in [0.05, 0.1) is 12.2 Å². The zero-order valence-electron chi connectivity index (χ0n) is 18.8. The number of piperazine rings is 1. The zero-order chi connectivity index (χ0) is 21.8. The van der Waals surface area contributed by atoms with E-state index in [2.05, 4.69) is 34.5 Å². The number of carbonyl (C=O) groups is 1. The van der Waals surface area contributed by atoms with Gasteiger partial charge in [0, 0.05) is 57.6 Å². The van der Waals surface area contributed by atoms with Gasteiger partial charge >= 0.3 is 0 Å². The molecule has 1 aliphatic rings. The fourth-order valence-electron chi connectivity index (χ4n) is 4.34. The fourth-order valence-corrected chi connectivity index (χ4v) is 4.34. The molecule has 1 aliphatic heterocycles. The predicted octanol–water partition coefficient (Wildman–Crippen LogP) is 4.02. The number of aromatic nitrogens is 2. The van der Waals surface area contributed by atoms with Crippen molar-refractivity contribution in [2.75, 3.05) is 39.3 Å². The van der Waals surface area contributed by atoms with Gasteiger partial charge in [0.1, 0.15) is 11.6 Å². The lowest BCUT2D eigenvalue weighted by Gasteiger charge is -2.35. The Morgan fingerprint density at radius 2 is 1.84 bits per heavy atom. The summed E-state index contributed by atoms with van der Waals surface area (Å²) in [5, 5.41) is 2.02. The Bertz CT molecular complexity index is 1030. The molecule has 2 aromatic carbocycles. The topological polar surface area (TPSA) is 50.6 Å². The molecule has 1 fully saturated rings. The molecule has 1 saturated heterocycles. The lowest BCUT2D eigenvalue weighted by atomic mass is 10.0. The molecule has 1 aromatic heterocycles. The predicted molar refractivity (Wildman–Crippen MR) is 124 cm³/mol. The van der Waals surface area contributed by atoms with Crippen molar-refractivity contribution in [1.82, 2.24) is 19.4 Å². The van der Waals surface area contributed by atoms with Crippen LogP contribution in [0.4, 0.5) is 0 Å². The van der Waals surface area contributed by atoms with Crippen LogP contribution in [0.2, 0.25) is 0 Å². The normalized spacial score (nSPS) is 15.0. The van der Waals surface area contributed by atoms with Crippen molar-refractivity contribution < 1.29 is 9.53 Å². The lowest BCUT2D eigenvalue weighted by Crippen LogP contribution is -2.49. The number of benzene rings is 2. The molecule has 31 heavy (non-hydrogen) atoms. The van der Waals surface area contributed by atoms with Crippen LogP contribution in [-0.2, 0) is 6.54 Å². The molecule has 3 aromatic rings. The van der Waals surface area contributed by atoms with E-state index in [1.165, 1.54) is 0 Å². The van der Waals surface area contributed by atoms with Gasteiger partial charge in [-0.25, -0.2) is 4.98 Å². The van der Waals surface area contributed by atoms with Crippen LogP contribution in [0.15, 0.2) is 48.8 Å². The number of carbonyl (C=O) groups excluding carboxylic acids is 1. The minimum atomic E-state index is 0.0663. The molecule has 0 saturated carbocycles. The standard InChI is InChI=1S/C25H32N4O2/c1-4-31-22-10-9-20-7-5-6-8-21(20)23(22)25(30)29-17-14-27(15-18-29)13-16-28-12-11-26-24(28)19(2)3/h5-12,19H,4,13-18H2,1-3H3. The van der Waals surface area contributed by atoms with Crippen LogP contribution in [0.3, 0.4) is 0 Å². The maximum absolute atomic E-state index is 13.5. The molecule has 0 N–H and O–H groups in total. The molecular weight excluding hydrogens is 388 g/mol. The van der Waals surface area contributed by atoms with E-state index in [1.54, 1.807) is 0 Å². The van der Waals surface area contributed by atoms with Crippen molar-refractivity contribution in [3.05, 3.63) is 60.2 Å². The average molecular weight is 421 g/mol. The number of hydrogen-bond donors (Lipinski definition) is 0. The van der Waals surface area contributed by atoms with Crippen LogP contribution in [0.1, 0.15) is 42.9 Å². The Morgan fingerprint density at radius 3 is 2.58 bits per heavy atom. The first-order valence-corrected chi connectivity index (χ1v) is 11.3. The largest absolute Gasteiger partial charge is 0.493 e. The first-order chi connectivity index (χ1) is 15.1. The third-order valence-electron chi connectivity index (χ3n) is 5.99. The van der Waals surface area contributed by atoms with E-state index in [0.29, 0.717) is 23.8 Å². The highest BCUT2D eigenvalue weighted by atomic mass is 16.5. The van der Waals surface area contributed by atoms with Gasteiger partial charge in [-0.15, -0.1) is 0 Å². The highest BCUT2D eigenvalue weighted by Gasteiger charge is 2.26. The summed E-state index contributed by atoms with van der Waals surface area (Å²) in [7, 11) is 0. The van der Waals surface area contributed by atoms with Crippen LogP contribution in [-0.4, -0.2) is 64.6 Å². The number of ether oxygens (including phenoxy) is 1. The number of nitrogens with zero attached hydrogens (tertiary/aromatic N) is 4. The van der Waals surface area contributed by atoms with Gasteiger partial charge in [-0.1, -0.05) is 44.2 Å². The van der Waals surface area contributed by atoms with Crippen molar-refractivity contribution in [2.24, 2.45) is 0 Å². The summed E-state index contributed by atoms with van der Waals surface area (Å²) in [6, 6.07) is 12.0. The van der Waals surface area contributed by atoms with E-state index in [9.17, 15) is 4.79 Å². The van der Waals surface area contributed by atoms with Crippen LogP contribution < -0.4 is 4.74 Å². The number of amides is 1. The van der Waals surface area contributed by atoms with Gasteiger partial charge in [0.2, 0.25) is 0 Å². The fraction of sp³-hybridized carbons (Fsp3) is 0.440. The highest BCUT2D eigenvalue weighted by molar-refractivity contribution is 6.09. The van der Waals surface area contributed by atoms with Crippen LogP contribution in [0, 0.1) is 0 Å². The van der Waals surface area contributed by atoms with Gasteiger partial charge in [-0.2, -0.15) is 0 Å². The molecule has 4 rings (SSSR count). The number of fused-ring (bicyclic) bond motifs is 1. The number of rotatable bonds is 7. The molecule has 164 valence electrons. The van der Waals surface area contributed by atoms with Crippen molar-refractivity contribution in [2.45, 2.75) is 33.2 Å². The Hall–Kier alpha value is -2.86. The monoisotopic (exact) mass is 420 g/mol. The number of hydrogen-bond acceptors (Lipinski definition) is 4. The van der Waals surface area contributed by atoms with E-state index >= 15 is 0 Å². The Kier molecular flexibility index (Phi) is 6.56. The van der Waals surface area contributed by atoms with Crippen LogP contribution in [0.25, 0.3) is 10.8 Å². The van der Waals surface area contributed by atoms with E-state index in [-0.39, 0.29) is 5.91 Å². The second-order valence-corrected chi connectivity index (χ2v) is 8.36. The first-order valence-electron chi connectivity index (χ1n) is 11.3. The van der Waals surface area contributed by atoms with Crippen molar-refractivity contribution in [1.29, 1.82) is 0 Å². The number of imidazole rings is 1. The Labute approximate surface area is 184 Å². The maximum atomic E-state index is 13.5. The molecule has 0 atom stereocenters. The van der Waals surface area contributed by atoms with Crippen molar-refractivity contribution in [3.8, 4) is 5.75 Å². The minimum Gasteiger partial charge on any atom is -0.493 e. The van der Waals surface area contributed by atoms with Crippen LogP contribution in [0.5, 0.6) is 5.75 Å². The zero-order valence-corrected chi connectivity index (χ0v) is 18.8. The SMILES string of the molecule is CCOc1ccc2ccccc2c1C(=O)N1CCN(CCn2ccnc2C(C)C)CC1. The van der Waals surface area contributed by atoms with E-state index in [1.807, 2.05) is 54.4 Å². The van der Waals surface area contributed by atoms with E-state index in [4.69, 9.17) is 4.74 Å². The molecule has 0 spiro atoms. The smallest absolute Gasteiger partial charge is 0.258 e. The summed E-state index contributed by atoms with van der Waals surface area (Å²) in [6.45, 7) is 12.0. The molecule has 0 aliphatic carbocycles. The van der Waals surface area contributed by atoms with Gasteiger partial charge in [-0.3, -0.25) is 9.69 Å². The second-order valence-electron chi connectivity index (χ2n) is 8.36. The quantitative estimate of drug-likeness (QED) is 0.579. The average Bonchev–Trinajstić information content (AvgIpc) is 3.27. The summed E-state index contributed by atoms with van der Waals surface area (Å²) in [4.78, 5) is 22.4. The summed E-state index contributed by atoms with van der Waals surface area (Å²) < 4.78 is 8.06. The molecule has 0 unspecified atom stereocenters. The lowest BCUT2D eigenvalue weighted by molar-refractivity contribution is 0.0631. The third-order valence-corrected chi connectivity index (χ3v) is 5.99. The highest BCUT2D eigenvalue weighted by Crippen LogP contribution is 2.30. The summed E-state index contributed by atoms with van der Waals surface area (Å²) in [6.07, 6.45) is 3.94. The maximum Gasteiger partial charge on any atom is 0.258 e. The third kappa shape index (κ3) is 4.59. The van der Waals surface area contributed by atoms with Crippen molar-refractivity contribution in [3.63, 3.8) is 0 Å². The summed E-state index contributed by atoms with van der Waals surface area (Å²) >= 11 is 0. The van der Waals surface area contributed by atoms with Crippen LogP contribution >= 0.6 is 0 Å². The molecule has 1 amide bonds. The van der Waals surface area contributed by atoms with Gasteiger partial charge in [-0.05, 0) is 23.8 Å². The summed E-state index contributed by atoms with van der Waals surface area (Å²) in [5.74, 6) is 2.30. The Morgan fingerprint density at radius 1 is 1.06 bits per heavy atom. The second kappa shape index (κ2) is 9.52. The minimum absolute atomic E-state index is 0.0663. The van der Waals surface area contributed by atoms with Crippen molar-refractivity contribution >= 4 is 16.7 Å². The van der Waals surface area contributed by atoms with Gasteiger partial charge in [0.25, 0.3) is 5.91 Å². The summed E-state index contributed by atoms with van der Waals surface area (Å²) in [5.41, 5.74) is 0.688. The molecule has 6 heteroatoms. The molecule has 0 bridgehead atoms. The molecule has 0 radical (unpaired) electrons. The molecule has 6 nitrogen and oxygen atoms in total.